The van der Waals surface area contributed by atoms with Crippen LogP contribution in [0, 0.1) is 13.8 Å². The summed E-state index contributed by atoms with van der Waals surface area (Å²) in [6.45, 7) is 6.48. The molecular weight excluding hydrogens is 342 g/mol. The summed E-state index contributed by atoms with van der Waals surface area (Å²) in [5.74, 6) is 0.0878. The van der Waals surface area contributed by atoms with E-state index in [1.807, 2.05) is 32.8 Å². The minimum Gasteiger partial charge on any atom is -0.462 e. The number of hydrogen-bond donors (Lipinski definition) is 0. The number of methoxy groups -OCH3 is 1. The minimum absolute atomic E-state index is 0.156. The number of nitrogens with zero attached hydrogens (tertiary/aromatic N) is 3. The molecule has 0 aliphatic rings. The van der Waals surface area contributed by atoms with Gasteiger partial charge in [0.25, 0.3) is 5.56 Å². The minimum atomic E-state index is -0.754. The first-order valence-corrected chi connectivity index (χ1v) is 8.91. The summed E-state index contributed by atoms with van der Waals surface area (Å²) < 4.78 is 11.5. The van der Waals surface area contributed by atoms with E-state index in [0.717, 1.165) is 10.4 Å². The summed E-state index contributed by atoms with van der Waals surface area (Å²) in [4.78, 5) is 33.8. The lowest BCUT2D eigenvalue weighted by atomic mass is 10.2. The van der Waals surface area contributed by atoms with E-state index in [-0.39, 0.29) is 12.2 Å². The molecular formula is C17H25N3O4S. The molecule has 25 heavy (non-hydrogen) atoms. The molecule has 0 fully saturated rings. The fraction of sp³-hybridized carbons (Fsp3) is 0.588. The monoisotopic (exact) mass is 367 g/mol. The van der Waals surface area contributed by atoms with Crippen LogP contribution in [0.2, 0.25) is 0 Å². The SMILES string of the molecule is COCCOC(=O)C(C)n1c(CN(C)C)nc2sc(C)c(C)c2c1=O. The lowest BCUT2D eigenvalue weighted by Crippen LogP contribution is -2.34. The summed E-state index contributed by atoms with van der Waals surface area (Å²) in [5, 5.41) is 0.585. The predicted molar refractivity (Wildman–Crippen MR) is 98.3 cm³/mol. The second-order valence-corrected chi connectivity index (χ2v) is 7.44. The van der Waals surface area contributed by atoms with Crippen LogP contribution in [0.5, 0.6) is 0 Å². The first-order valence-electron chi connectivity index (χ1n) is 8.09. The lowest BCUT2D eigenvalue weighted by molar-refractivity contribution is -0.148. The van der Waals surface area contributed by atoms with Crippen LogP contribution < -0.4 is 5.56 Å². The molecule has 0 aliphatic carbocycles. The summed E-state index contributed by atoms with van der Waals surface area (Å²) >= 11 is 1.50. The van der Waals surface area contributed by atoms with E-state index in [2.05, 4.69) is 4.98 Å². The number of aromatic nitrogens is 2. The van der Waals surface area contributed by atoms with E-state index >= 15 is 0 Å². The molecule has 138 valence electrons. The third kappa shape index (κ3) is 4.08. The molecule has 7 nitrogen and oxygen atoms in total. The van der Waals surface area contributed by atoms with Gasteiger partial charge in [0.15, 0.2) is 0 Å². The number of thiophene rings is 1. The van der Waals surface area contributed by atoms with Gasteiger partial charge in [-0.3, -0.25) is 9.36 Å². The van der Waals surface area contributed by atoms with Gasteiger partial charge in [0.05, 0.1) is 18.5 Å². The van der Waals surface area contributed by atoms with E-state index in [1.54, 1.807) is 6.92 Å². The van der Waals surface area contributed by atoms with E-state index in [4.69, 9.17) is 9.47 Å². The molecule has 0 saturated carbocycles. The van der Waals surface area contributed by atoms with Gasteiger partial charge in [-0.25, -0.2) is 9.78 Å². The van der Waals surface area contributed by atoms with Crippen LogP contribution >= 0.6 is 11.3 Å². The van der Waals surface area contributed by atoms with Gasteiger partial charge in [0.1, 0.15) is 23.3 Å². The average Bonchev–Trinajstić information content (AvgIpc) is 2.81. The highest BCUT2D eigenvalue weighted by Gasteiger charge is 2.25. The maximum absolute atomic E-state index is 13.1. The smallest absolute Gasteiger partial charge is 0.329 e. The highest BCUT2D eigenvalue weighted by molar-refractivity contribution is 7.18. The molecule has 0 aliphatic heterocycles. The summed E-state index contributed by atoms with van der Waals surface area (Å²) in [5.41, 5.74) is 0.725. The Morgan fingerprint density at radius 2 is 2.00 bits per heavy atom. The zero-order valence-corrected chi connectivity index (χ0v) is 16.4. The van der Waals surface area contributed by atoms with Crippen LogP contribution in [0.15, 0.2) is 4.79 Å². The molecule has 2 heterocycles. The summed E-state index contributed by atoms with van der Waals surface area (Å²) in [6, 6.07) is -0.754. The van der Waals surface area contributed by atoms with Gasteiger partial charge in [-0.2, -0.15) is 0 Å². The molecule has 0 aromatic carbocycles. The van der Waals surface area contributed by atoms with Crippen molar-refractivity contribution in [1.82, 2.24) is 14.5 Å². The maximum atomic E-state index is 13.1. The average molecular weight is 367 g/mol. The molecule has 2 aromatic heterocycles. The number of aryl methyl sites for hydroxylation is 2. The Morgan fingerprint density at radius 3 is 2.60 bits per heavy atom. The molecule has 2 aromatic rings. The number of ether oxygens (including phenoxy) is 2. The Kier molecular flexibility index (Phi) is 6.31. The van der Waals surface area contributed by atoms with Gasteiger partial charge < -0.3 is 14.4 Å². The molecule has 0 bridgehead atoms. The van der Waals surface area contributed by atoms with Crippen LogP contribution in [0.3, 0.4) is 0 Å². The van der Waals surface area contributed by atoms with Crippen molar-refractivity contribution in [1.29, 1.82) is 0 Å². The van der Waals surface area contributed by atoms with Crippen molar-refractivity contribution in [3.63, 3.8) is 0 Å². The Hall–Kier alpha value is -1.77. The molecule has 0 spiro atoms. The molecule has 1 unspecified atom stereocenters. The third-order valence-electron chi connectivity index (χ3n) is 4.03. The van der Waals surface area contributed by atoms with Crippen molar-refractivity contribution < 1.29 is 14.3 Å². The topological polar surface area (TPSA) is 73.7 Å². The zero-order valence-electron chi connectivity index (χ0n) is 15.6. The molecule has 0 amide bonds. The Balaban J connectivity index is 2.54. The highest BCUT2D eigenvalue weighted by Crippen LogP contribution is 2.27. The number of hydrogen-bond acceptors (Lipinski definition) is 7. The van der Waals surface area contributed by atoms with Crippen molar-refractivity contribution in [2.24, 2.45) is 0 Å². The standard InChI is InChI=1S/C17H25N3O4S/c1-10-12(3)25-15-14(10)16(21)20(13(18-15)9-19(4)5)11(2)17(22)24-8-7-23-6/h11H,7-9H2,1-6H3. The van der Waals surface area contributed by atoms with Crippen LogP contribution in [-0.4, -0.2) is 54.8 Å². The number of carbonyl (C=O) groups excluding carboxylic acids is 1. The number of esters is 1. The van der Waals surface area contributed by atoms with Crippen molar-refractivity contribution in [3.8, 4) is 0 Å². The first kappa shape index (κ1) is 19.6. The van der Waals surface area contributed by atoms with Crippen molar-refractivity contribution >= 4 is 27.5 Å². The predicted octanol–water partition coefficient (Wildman–Crippen LogP) is 1.89. The van der Waals surface area contributed by atoms with Crippen LogP contribution in [0.4, 0.5) is 0 Å². The number of fused-ring (bicyclic) bond motifs is 1. The van der Waals surface area contributed by atoms with Crippen molar-refractivity contribution in [2.45, 2.75) is 33.4 Å². The summed E-state index contributed by atoms with van der Waals surface area (Å²) in [6.07, 6.45) is 0. The fourth-order valence-corrected chi connectivity index (χ4v) is 3.63. The van der Waals surface area contributed by atoms with Gasteiger partial charge in [-0.1, -0.05) is 0 Å². The van der Waals surface area contributed by atoms with Gasteiger partial charge in [0.2, 0.25) is 0 Å². The largest absolute Gasteiger partial charge is 0.462 e. The van der Waals surface area contributed by atoms with Crippen molar-refractivity contribution in [2.75, 3.05) is 34.4 Å². The van der Waals surface area contributed by atoms with Gasteiger partial charge in [0, 0.05) is 12.0 Å². The van der Waals surface area contributed by atoms with E-state index in [1.165, 1.54) is 23.0 Å². The normalized spacial score (nSPS) is 12.8. The first-order chi connectivity index (χ1) is 11.8. The Bertz CT molecular complexity index is 825. The van der Waals surface area contributed by atoms with Crippen LogP contribution in [-0.2, 0) is 20.8 Å². The fourth-order valence-electron chi connectivity index (χ4n) is 2.59. The zero-order chi connectivity index (χ0) is 18.7. The van der Waals surface area contributed by atoms with Gasteiger partial charge >= 0.3 is 5.97 Å². The van der Waals surface area contributed by atoms with Crippen molar-refractivity contribution in [3.05, 3.63) is 26.6 Å². The molecule has 0 radical (unpaired) electrons. The Labute approximate surface area is 151 Å². The molecule has 8 heteroatoms. The molecule has 1 atom stereocenters. The Morgan fingerprint density at radius 1 is 1.32 bits per heavy atom. The molecule has 0 N–H and O–H groups in total. The third-order valence-corrected chi connectivity index (χ3v) is 5.13. The van der Waals surface area contributed by atoms with Gasteiger partial charge in [-0.15, -0.1) is 11.3 Å². The molecule has 0 saturated heterocycles. The summed E-state index contributed by atoms with van der Waals surface area (Å²) in [7, 11) is 5.33. The van der Waals surface area contributed by atoms with Gasteiger partial charge in [-0.05, 0) is 40.4 Å². The lowest BCUT2D eigenvalue weighted by Gasteiger charge is -2.20. The quantitative estimate of drug-likeness (QED) is 0.550. The number of rotatable bonds is 7. The van der Waals surface area contributed by atoms with E-state index in [9.17, 15) is 9.59 Å². The highest BCUT2D eigenvalue weighted by atomic mass is 32.1. The van der Waals surface area contributed by atoms with Crippen LogP contribution in [0.25, 0.3) is 10.2 Å². The maximum Gasteiger partial charge on any atom is 0.329 e. The second kappa shape index (κ2) is 8.07. The molecule has 2 rings (SSSR count). The van der Waals surface area contributed by atoms with Crippen LogP contribution in [0.1, 0.15) is 29.2 Å². The van der Waals surface area contributed by atoms with E-state index in [0.29, 0.717) is 29.2 Å². The number of carbonyl (C=O) groups is 1. The van der Waals surface area contributed by atoms with E-state index < -0.39 is 12.0 Å². The second-order valence-electron chi connectivity index (χ2n) is 6.24.